The number of nitrogens with one attached hydrogen (secondary N) is 1. The van der Waals surface area contributed by atoms with Gasteiger partial charge in [-0.25, -0.2) is 24.2 Å². The molecule has 2 aliphatic rings. The Morgan fingerprint density at radius 2 is 1.82 bits per heavy atom. The molecule has 11 nitrogen and oxygen atoms in total. The first kappa shape index (κ1) is 34.9. The van der Waals surface area contributed by atoms with Crippen LogP contribution in [0.15, 0.2) is 52.3 Å². The van der Waals surface area contributed by atoms with Gasteiger partial charge in [0, 0.05) is 23.6 Å². The fourth-order valence-corrected chi connectivity index (χ4v) is 6.69. The molecular formula is C37H47FN6O5. The number of hydrogen-bond donors (Lipinski definition) is 2. The third kappa shape index (κ3) is 7.77. The molecule has 2 aromatic heterocycles. The Morgan fingerprint density at radius 1 is 1.06 bits per heavy atom. The summed E-state index contributed by atoms with van der Waals surface area (Å²) in [6.07, 6.45) is 4.61. The highest BCUT2D eigenvalue weighted by Crippen LogP contribution is 2.32. The second kappa shape index (κ2) is 14.9. The van der Waals surface area contributed by atoms with E-state index in [-0.39, 0.29) is 30.7 Å². The minimum atomic E-state index is -0.899. The van der Waals surface area contributed by atoms with Gasteiger partial charge in [-0.1, -0.05) is 56.7 Å². The highest BCUT2D eigenvalue weighted by molar-refractivity contribution is 6.04. The summed E-state index contributed by atoms with van der Waals surface area (Å²) in [6.45, 7) is 10.1. The number of fused-ring (bicyclic) bond motifs is 1. The lowest BCUT2D eigenvalue weighted by molar-refractivity contribution is -0.144. The quantitative estimate of drug-likeness (QED) is 0.182. The zero-order chi connectivity index (χ0) is 34.7. The molecule has 1 aliphatic heterocycles. The molecule has 0 amide bonds. The Hall–Kier alpha value is -3.97. The summed E-state index contributed by atoms with van der Waals surface area (Å²) in [6, 6.07) is 12.7. The first-order chi connectivity index (χ1) is 23.6. The summed E-state index contributed by atoms with van der Waals surface area (Å²) in [7, 11) is 0. The van der Waals surface area contributed by atoms with Crippen LogP contribution in [0.2, 0.25) is 0 Å². The molecule has 12 heteroatoms. The van der Waals surface area contributed by atoms with Gasteiger partial charge >= 0.3 is 0 Å². The van der Waals surface area contributed by atoms with Crippen LogP contribution in [-0.2, 0) is 27.2 Å². The molecule has 1 aliphatic carbocycles. The third-order valence-corrected chi connectivity index (χ3v) is 9.03. The van der Waals surface area contributed by atoms with Gasteiger partial charge in [0.2, 0.25) is 5.78 Å². The zero-order valence-corrected chi connectivity index (χ0v) is 29.0. The SMILES string of the molecule is CCCOC1N=C(c2ccccc2-c2ccc(Cc3c(CCC)n4nc(C)nc4n(C4CCC(OCC(C)(C)O)CC4)c3=O)c(F)c2)NO1. The molecule has 2 N–H and O–H groups in total. The summed E-state index contributed by atoms with van der Waals surface area (Å²) in [5.41, 5.74) is 5.75. The Kier molecular flexibility index (Phi) is 10.6. The van der Waals surface area contributed by atoms with Crippen molar-refractivity contribution in [1.29, 1.82) is 0 Å². The fraction of sp³-hybridized carbons (Fsp3) is 0.514. The Balaban J connectivity index is 1.31. The molecular weight excluding hydrogens is 627 g/mol. The number of rotatable bonds is 13. The van der Waals surface area contributed by atoms with Crippen LogP contribution < -0.4 is 11.0 Å². The lowest BCUT2D eigenvalue weighted by Crippen LogP contribution is -2.36. The maximum atomic E-state index is 16.1. The monoisotopic (exact) mass is 674 g/mol. The molecule has 262 valence electrons. The predicted octanol–water partition coefficient (Wildman–Crippen LogP) is 5.81. The number of nitrogens with zero attached hydrogens (tertiary/aromatic N) is 5. The highest BCUT2D eigenvalue weighted by Gasteiger charge is 2.30. The summed E-state index contributed by atoms with van der Waals surface area (Å²) >= 11 is 0. The van der Waals surface area contributed by atoms with Crippen molar-refractivity contribution in [2.45, 2.75) is 110 Å². The molecule has 1 saturated carbocycles. The predicted molar refractivity (Wildman–Crippen MR) is 185 cm³/mol. The van der Waals surface area contributed by atoms with E-state index in [4.69, 9.17) is 24.4 Å². The first-order valence-electron chi connectivity index (χ1n) is 17.4. The van der Waals surface area contributed by atoms with Crippen molar-refractivity contribution >= 4 is 11.6 Å². The van der Waals surface area contributed by atoms with Gasteiger partial charge in [-0.15, -0.1) is 0 Å². The Morgan fingerprint density at radius 3 is 2.51 bits per heavy atom. The number of amidine groups is 1. The number of aryl methyl sites for hydroxylation is 2. The largest absolute Gasteiger partial charge is 0.388 e. The second-order valence-electron chi connectivity index (χ2n) is 13.7. The van der Waals surface area contributed by atoms with Crippen molar-refractivity contribution in [2.24, 2.45) is 4.99 Å². The fourth-order valence-electron chi connectivity index (χ4n) is 6.69. The van der Waals surface area contributed by atoms with Gasteiger partial charge in [0.05, 0.1) is 30.6 Å². The zero-order valence-electron chi connectivity index (χ0n) is 29.0. The van der Waals surface area contributed by atoms with Crippen molar-refractivity contribution < 1.29 is 23.8 Å². The van der Waals surface area contributed by atoms with E-state index in [9.17, 15) is 9.90 Å². The molecule has 2 aromatic carbocycles. The van der Waals surface area contributed by atoms with Crippen molar-refractivity contribution in [1.82, 2.24) is 24.6 Å². The van der Waals surface area contributed by atoms with Gasteiger partial charge < -0.3 is 14.6 Å². The van der Waals surface area contributed by atoms with E-state index in [2.05, 4.69) is 17.4 Å². The smallest absolute Gasteiger partial charge is 0.282 e. The van der Waals surface area contributed by atoms with E-state index in [0.717, 1.165) is 55.3 Å². The summed E-state index contributed by atoms with van der Waals surface area (Å²) in [5.74, 6) is 1.22. The van der Waals surface area contributed by atoms with Gasteiger partial charge in [0.1, 0.15) is 11.6 Å². The molecule has 1 atom stereocenters. The molecule has 3 heterocycles. The number of benzene rings is 2. The number of aliphatic hydroxyl groups is 1. The topological polar surface area (TPSA) is 125 Å². The van der Waals surface area contributed by atoms with Crippen molar-refractivity contribution in [3.8, 4) is 11.1 Å². The minimum Gasteiger partial charge on any atom is -0.388 e. The number of hydrogen-bond acceptors (Lipinski definition) is 9. The van der Waals surface area contributed by atoms with Gasteiger partial charge in [-0.3, -0.25) is 9.36 Å². The average molecular weight is 675 g/mol. The van der Waals surface area contributed by atoms with Crippen LogP contribution >= 0.6 is 0 Å². The van der Waals surface area contributed by atoms with E-state index in [1.807, 2.05) is 44.2 Å². The number of ether oxygens (including phenoxy) is 2. The summed E-state index contributed by atoms with van der Waals surface area (Å²) in [4.78, 5) is 29.1. The van der Waals surface area contributed by atoms with E-state index >= 15 is 4.39 Å². The van der Waals surface area contributed by atoms with E-state index < -0.39 is 17.8 Å². The molecule has 49 heavy (non-hydrogen) atoms. The van der Waals surface area contributed by atoms with Crippen LogP contribution in [0.25, 0.3) is 16.9 Å². The second-order valence-corrected chi connectivity index (χ2v) is 13.7. The first-order valence-corrected chi connectivity index (χ1v) is 17.4. The summed E-state index contributed by atoms with van der Waals surface area (Å²) < 4.78 is 31.2. The van der Waals surface area contributed by atoms with Crippen molar-refractivity contribution in [3.05, 3.63) is 86.8 Å². The van der Waals surface area contributed by atoms with Crippen LogP contribution in [0, 0.1) is 12.7 Å². The third-order valence-electron chi connectivity index (χ3n) is 9.03. The summed E-state index contributed by atoms with van der Waals surface area (Å²) in [5, 5.41) is 14.8. The van der Waals surface area contributed by atoms with E-state index in [1.54, 1.807) is 29.0 Å². The van der Waals surface area contributed by atoms with Crippen molar-refractivity contribution in [3.63, 3.8) is 0 Å². The Labute approximate surface area is 286 Å². The normalized spacial score (nSPS) is 19.7. The maximum Gasteiger partial charge on any atom is 0.282 e. The van der Waals surface area contributed by atoms with Gasteiger partial charge in [0.25, 0.3) is 12.0 Å². The number of halogens is 1. The number of aliphatic imine (C=N–C) groups is 1. The van der Waals surface area contributed by atoms with E-state index in [0.29, 0.717) is 47.2 Å². The maximum absolute atomic E-state index is 16.1. The van der Waals surface area contributed by atoms with Gasteiger partial charge in [0.15, 0.2) is 5.84 Å². The van der Waals surface area contributed by atoms with Crippen LogP contribution in [0.4, 0.5) is 4.39 Å². The molecule has 0 bridgehead atoms. The minimum absolute atomic E-state index is 0.0189. The number of aromatic nitrogens is 4. The standard InChI is InChI=1S/C37H47FN6O5/c1-6-10-32-30(34(45)43(35-39-23(3)41-44(32)35)26-15-17-27(18-16-26)48-22-37(4,5)46)20-25-14-13-24(21-31(25)38)28-11-8-9-12-29(28)33-40-36(49-42-33)47-19-7-2/h8-9,11-14,21,26-27,36,46H,6-7,10,15-20,22H2,1-5H3,(H,40,42). The number of hydroxylamine groups is 1. The molecule has 6 rings (SSSR count). The van der Waals surface area contributed by atoms with Crippen LogP contribution in [-0.4, -0.2) is 61.4 Å². The average Bonchev–Trinajstić information content (AvgIpc) is 3.71. The van der Waals surface area contributed by atoms with Gasteiger partial charge in [-0.2, -0.15) is 10.1 Å². The molecule has 4 aromatic rings. The van der Waals surface area contributed by atoms with Crippen LogP contribution in [0.5, 0.6) is 0 Å². The Bertz CT molecular complexity index is 1870. The molecule has 1 fully saturated rings. The lowest BCUT2D eigenvalue weighted by atomic mass is 9.92. The van der Waals surface area contributed by atoms with Crippen LogP contribution in [0.1, 0.15) is 100 Å². The molecule has 0 saturated heterocycles. The van der Waals surface area contributed by atoms with Crippen molar-refractivity contribution in [2.75, 3.05) is 13.2 Å². The lowest BCUT2D eigenvalue weighted by Gasteiger charge is -2.32. The van der Waals surface area contributed by atoms with Gasteiger partial charge in [-0.05, 0) is 82.1 Å². The molecule has 1 unspecified atom stereocenters. The van der Waals surface area contributed by atoms with E-state index in [1.165, 1.54) is 6.07 Å². The molecule has 0 spiro atoms. The highest BCUT2D eigenvalue weighted by atomic mass is 19.1. The molecule has 0 radical (unpaired) electrons. The van der Waals surface area contributed by atoms with Crippen LogP contribution in [0.3, 0.4) is 0 Å².